The molecule has 1 aliphatic rings. The van der Waals surface area contributed by atoms with Crippen molar-refractivity contribution >= 4 is 12.2 Å². The van der Waals surface area contributed by atoms with Crippen LogP contribution in [0.1, 0.15) is 55.2 Å². The van der Waals surface area contributed by atoms with Crippen molar-refractivity contribution in [2.75, 3.05) is 6.61 Å². The van der Waals surface area contributed by atoms with Crippen LogP contribution in [-0.2, 0) is 0 Å². The van der Waals surface area contributed by atoms with E-state index in [4.69, 9.17) is 4.74 Å². The highest BCUT2D eigenvalue weighted by atomic mass is 19.2. The smallest absolute Gasteiger partial charge is 0.200 e. The van der Waals surface area contributed by atoms with Gasteiger partial charge in [-0.3, -0.25) is 0 Å². The van der Waals surface area contributed by atoms with E-state index in [2.05, 4.69) is 6.58 Å². The van der Waals surface area contributed by atoms with Gasteiger partial charge in [-0.1, -0.05) is 67.3 Å². The van der Waals surface area contributed by atoms with E-state index in [1.807, 2.05) is 6.08 Å². The van der Waals surface area contributed by atoms with E-state index in [0.29, 0.717) is 24.0 Å². The fourth-order valence-corrected chi connectivity index (χ4v) is 4.71. The highest BCUT2D eigenvalue weighted by molar-refractivity contribution is 5.68. The standard InChI is InChI=1S/C30H28F4O/c1-3-19-5-10-21(11-6-19)24-16-15-23(27(31)28(24)32)14-9-20-7-12-22(13-8-20)25-17-18-26(35-4-2)30(34)29(25)33/h3,5-6,9-11,14-18,20,22H,1,4,7-8,12-13H2,2H3. The summed E-state index contributed by atoms with van der Waals surface area (Å²) < 4.78 is 63.5. The van der Waals surface area contributed by atoms with Gasteiger partial charge >= 0.3 is 0 Å². The van der Waals surface area contributed by atoms with Crippen LogP contribution in [0.3, 0.4) is 0 Å². The van der Waals surface area contributed by atoms with Gasteiger partial charge in [0.1, 0.15) is 0 Å². The van der Waals surface area contributed by atoms with Crippen molar-refractivity contribution in [2.45, 2.75) is 38.5 Å². The molecule has 0 saturated heterocycles. The lowest BCUT2D eigenvalue weighted by molar-refractivity contribution is 0.310. The summed E-state index contributed by atoms with van der Waals surface area (Å²) in [6.45, 7) is 5.68. The van der Waals surface area contributed by atoms with Crippen LogP contribution >= 0.6 is 0 Å². The zero-order valence-corrected chi connectivity index (χ0v) is 19.7. The number of hydrogen-bond acceptors (Lipinski definition) is 1. The Balaban J connectivity index is 1.42. The van der Waals surface area contributed by atoms with Crippen molar-refractivity contribution in [3.05, 3.63) is 101 Å². The Bertz CT molecular complexity index is 1220. The summed E-state index contributed by atoms with van der Waals surface area (Å²) in [4.78, 5) is 0. The Labute approximate surface area is 203 Å². The molecule has 182 valence electrons. The minimum Gasteiger partial charge on any atom is -0.491 e. The fourth-order valence-electron chi connectivity index (χ4n) is 4.71. The van der Waals surface area contributed by atoms with Crippen molar-refractivity contribution in [2.24, 2.45) is 5.92 Å². The maximum atomic E-state index is 14.8. The molecule has 35 heavy (non-hydrogen) atoms. The molecule has 0 amide bonds. The summed E-state index contributed by atoms with van der Waals surface area (Å²) in [5, 5.41) is 0. The molecule has 0 aliphatic heterocycles. The molecule has 1 saturated carbocycles. The maximum absolute atomic E-state index is 14.8. The van der Waals surface area contributed by atoms with Crippen molar-refractivity contribution in [1.29, 1.82) is 0 Å². The number of allylic oxidation sites excluding steroid dienone is 1. The molecule has 1 aliphatic carbocycles. The SMILES string of the molecule is C=Cc1ccc(-c2ccc(C=CC3CCC(c4ccc(OCC)c(F)c4F)CC3)c(F)c2F)cc1. The molecule has 0 atom stereocenters. The van der Waals surface area contributed by atoms with Gasteiger partial charge in [-0.2, -0.15) is 4.39 Å². The molecule has 3 aromatic carbocycles. The molecular weight excluding hydrogens is 452 g/mol. The van der Waals surface area contributed by atoms with Gasteiger partial charge in [-0.05, 0) is 67.2 Å². The monoisotopic (exact) mass is 480 g/mol. The maximum Gasteiger partial charge on any atom is 0.200 e. The Morgan fingerprint density at radius 2 is 1.54 bits per heavy atom. The second-order valence-electron chi connectivity index (χ2n) is 8.84. The summed E-state index contributed by atoms with van der Waals surface area (Å²) >= 11 is 0. The third-order valence-corrected chi connectivity index (χ3v) is 6.71. The average Bonchev–Trinajstić information content (AvgIpc) is 2.88. The molecular formula is C30H28F4O. The van der Waals surface area contributed by atoms with Crippen LogP contribution in [0.15, 0.2) is 61.2 Å². The zero-order valence-electron chi connectivity index (χ0n) is 19.7. The van der Waals surface area contributed by atoms with Crippen molar-refractivity contribution < 1.29 is 22.3 Å². The summed E-state index contributed by atoms with van der Waals surface area (Å²) in [5.41, 5.74) is 2.27. The van der Waals surface area contributed by atoms with Gasteiger partial charge in [-0.25, -0.2) is 13.2 Å². The van der Waals surface area contributed by atoms with E-state index < -0.39 is 23.3 Å². The van der Waals surface area contributed by atoms with Crippen LogP contribution in [0.5, 0.6) is 5.75 Å². The van der Waals surface area contributed by atoms with Crippen LogP contribution < -0.4 is 4.74 Å². The van der Waals surface area contributed by atoms with Crippen LogP contribution in [0.25, 0.3) is 23.3 Å². The minimum absolute atomic E-state index is 0.0700. The van der Waals surface area contributed by atoms with Crippen LogP contribution in [0.4, 0.5) is 17.6 Å². The first-order chi connectivity index (χ1) is 16.9. The fraction of sp³-hybridized carbons (Fsp3) is 0.267. The van der Waals surface area contributed by atoms with Gasteiger partial charge in [0.2, 0.25) is 5.82 Å². The highest BCUT2D eigenvalue weighted by Crippen LogP contribution is 2.39. The molecule has 0 spiro atoms. The second-order valence-corrected chi connectivity index (χ2v) is 8.84. The molecule has 4 rings (SSSR count). The van der Waals surface area contributed by atoms with E-state index in [-0.39, 0.29) is 35.3 Å². The molecule has 0 N–H and O–H groups in total. The highest BCUT2D eigenvalue weighted by Gasteiger charge is 2.26. The Morgan fingerprint density at radius 1 is 0.829 bits per heavy atom. The number of ether oxygens (including phenoxy) is 1. The Hall–Kier alpha value is -3.34. The quantitative estimate of drug-likeness (QED) is 0.307. The lowest BCUT2D eigenvalue weighted by atomic mass is 9.78. The van der Waals surface area contributed by atoms with E-state index in [1.54, 1.807) is 61.5 Å². The van der Waals surface area contributed by atoms with E-state index >= 15 is 0 Å². The summed E-state index contributed by atoms with van der Waals surface area (Å²) in [6, 6.07) is 13.3. The average molecular weight is 481 g/mol. The first-order valence-electron chi connectivity index (χ1n) is 11.9. The summed E-state index contributed by atoms with van der Waals surface area (Å²) in [7, 11) is 0. The van der Waals surface area contributed by atoms with Gasteiger partial charge in [0, 0.05) is 11.1 Å². The lowest BCUT2D eigenvalue weighted by Gasteiger charge is -2.27. The second kappa shape index (κ2) is 10.9. The predicted molar refractivity (Wildman–Crippen MR) is 133 cm³/mol. The molecule has 0 aromatic heterocycles. The van der Waals surface area contributed by atoms with Crippen molar-refractivity contribution in [3.8, 4) is 16.9 Å². The molecule has 1 fully saturated rings. The predicted octanol–water partition coefficient (Wildman–Crippen LogP) is 8.94. The number of hydrogen-bond donors (Lipinski definition) is 0. The molecule has 5 heteroatoms. The molecule has 0 bridgehead atoms. The number of halogens is 4. The van der Waals surface area contributed by atoms with Crippen molar-refractivity contribution in [1.82, 2.24) is 0 Å². The van der Waals surface area contributed by atoms with Gasteiger partial charge in [0.05, 0.1) is 6.61 Å². The van der Waals surface area contributed by atoms with E-state index in [9.17, 15) is 17.6 Å². The number of benzene rings is 3. The molecule has 0 unspecified atom stereocenters. The Morgan fingerprint density at radius 3 is 2.20 bits per heavy atom. The molecule has 3 aromatic rings. The Kier molecular flexibility index (Phi) is 7.74. The first-order valence-corrected chi connectivity index (χ1v) is 11.9. The van der Waals surface area contributed by atoms with E-state index in [1.165, 1.54) is 6.07 Å². The van der Waals surface area contributed by atoms with Crippen molar-refractivity contribution in [3.63, 3.8) is 0 Å². The van der Waals surface area contributed by atoms with Gasteiger partial charge in [-0.15, -0.1) is 0 Å². The molecule has 0 heterocycles. The largest absolute Gasteiger partial charge is 0.491 e. The molecule has 1 nitrogen and oxygen atoms in total. The van der Waals surface area contributed by atoms with Crippen LogP contribution in [-0.4, -0.2) is 6.61 Å². The van der Waals surface area contributed by atoms with Gasteiger partial charge in [0.25, 0.3) is 0 Å². The third-order valence-electron chi connectivity index (χ3n) is 6.71. The summed E-state index contributed by atoms with van der Waals surface area (Å²) in [5.74, 6) is -3.53. The van der Waals surface area contributed by atoms with Crippen LogP contribution in [0.2, 0.25) is 0 Å². The summed E-state index contributed by atoms with van der Waals surface area (Å²) in [6.07, 6.45) is 8.09. The zero-order chi connectivity index (χ0) is 24.9. The van der Waals surface area contributed by atoms with E-state index in [0.717, 1.165) is 18.4 Å². The normalized spacial score (nSPS) is 18.1. The van der Waals surface area contributed by atoms with Gasteiger partial charge in [0.15, 0.2) is 23.2 Å². The minimum atomic E-state index is -0.941. The molecule has 0 radical (unpaired) electrons. The van der Waals surface area contributed by atoms with Gasteiger partial charge < -0.3 is 4.74 Å². The lowest BCUT2D eigenvalue weighted by Crippen LogP contribution is -2.14. The topological polar surface area (TPSA) is 9.23 Å². The number of rotatable bonds is 7. The third kappa shape index (κ3) is 5.34. The first kappa shape index (κ1) is 24.8. The van der Waals surface area contributed by atoms with Crippen LogP contribution in [0, 0.1) is 29.2 Å².